The van der Waals surface area contributed by atoms with Crippen LogP contribution in [-0.4, -0.2) is 13.1 Å². The molecule has 3 nitrogen and oxygen atoms in total. The van der Waals surface area contributed by atoms with Gasteiger partial charge >= 0.3 is 5.97 Å². The molecule has 0 amide bonds. The van der Waals surface area contributed by atoms with Gasteiger partial charge in [-0.3, -0.25) is 4.79 Å². The molecule has 0 aliphatic heterocycles. The normalized spacial score (nSPS) is 10.1. The van der Waals surface area contributed by atoms with E-state index in [1.807, 2.05) is 36.4 Å². The van der Waals surface area contributed by atoms with Gasteiger partial charge in [0.15, 0.2) is 0 Å². The maximum Gasteiger partial charge on any atom is 0.308 e. The van der Waals surface area contributed by atoms with E-state index in [-0.39, 0.29) is 5.97 Å². The molecule has 0 heterocycles. The van der Waals surface area contributed by atoms with Gasteiger partial charge in [0.2, 0.25) is 0 Å². The predicted molar refractivity (Wildman–Crippen MR) is 97.5 cm³/mol. The first kappa shape index (κ1) is 17.5. The first-order chi connectivity index (χ1) is 11.6. The predicted octanol–water partition coefficient (Wildman–Crippen LogP) is 4.74. The van der Waals surface area contributed by atoms with E-state index in [0.717, 1.165) is 34.4 Å². The van der Waals surface area contributed by atoms with Crippen LogP contribution in [0.2, 0.25) is 0 Å². The van der Waals surface area contributed by atoms with Gasteiger partial charge in [-0.1, -0.05) is 24.3 Å². The van der Waals surface area contributed by atoms with Crippen molar-refractivity contribution in [3.8, 4) is 22.6 Å². The first-order valence-electron chi connectivity index (χ1n) is 7.79. The Hall–Kier alpha value is -2.81. The molecule has 0 bridgehead atoms. The summed E-state index contributed by atoms with van der Waals surface area (Å²) in [6.45, 7) is 8.97. The standard InChI is InChI=1S/C21H22O3/c1-5-7-18-13-16(9-11-20(18)23-4)17-10-12-21(24-15(3)22)19(14-17)8-6-2/h5-6,9-14H,1-2,7-8H2,3-4H3. The minimum absolute atomic E-state index is 0.328. The lowest BCUT2D eigenvalue weighted by Crippen LogP contribution is -2.04. The van der Waals surface area contributed by atoms with Gasteiger partial charge in [0.25, 0.3) is 0 Å². The van der Waals surface area contributed by atoms with Crippen LogP contribution in [0.4, 0.5) is 0 Å². The maximum atomic E-state index is 11.2. The molecule has 24 heavy (non-hydrogen) atoms. The SMILES string of the molecule is C=CCc1cc(-c2ccc(OC(C)=O)c(CC=C)c2)ccc1OC. The van der Waals surface area contributed by atoms with Crippen molar-refractivity contribution in [1.29, 1.82) is 0 Å². The van der Waals surface area contributed by atoms with Crippen LogP contribution in [0.3, 0.4) is 0 Å². The molecule has 0 unspecified atom stereocenters. The van der Waals surface area contributed by atoms with Gasteiger partial charge in [0, 0.05) is 6.92 Å². The summed E-state index contributed by atoms with van der Waals surface area (Å²) in [5, 5.41) is 0. The highest BCUT2D eigenvalue weighted by Gasteiger charge is 2.10. The number of carbonyl (C=O) groups excluding carboxylic acids is 1. The van der Waals surface area contributed by atoms with Crippen molar-refractivity contribution in [2.45, 2.75) is 19.8 Å². The fraction of sp³-hybridized carbons (Fsp3) is 0.190. The van der Waals surface area contributed by atoms with Gasteiger partial charge in [0.05, 0.1) is 7.11 Å². The monoisotopic (exact) mass is 322 g/mol. The second-order valence-electron chi connectivity index (χ2n) is 5.43. The molecule has 3 heteroatoms. The van der Waals surface area contributed by atoms with Crippen molar-refractivity contribution in [3.05, 3.63) is 72.8 Å². The summed E-state index contributed by atoms with van der Waals surface area (Å²) in [5.74, 6) is 1.10. The molecule has 0 aromatic heterocycles. The van der Waals surface area contributed by atoms with Gasteiger partial charge < -0.3 is 9.47 Å². The lowest BCUT2D eigenvalue weighted by Gasteiger charge is -2.12. The summed E-state index contributed by atoms with van der Waals surface area (Å²) in [4.78, 5) is 11.2. The lowest BCUT2D eigenvalue weighted by atomic mass is 9.98. The summed E-state index contributed by atoms with van der Waals surface area (Å²) in [6.07, 6.45) is 5.02. The number of carbonyl (C=O) groups is 1. The molecule has 0 radical (unpaired) electrons. The lowest BCUT2D eigenvalue weighted by molar-refractivity contribution is -0.131. The van der Waals surface area contributed by atoms with E-state index in [1.54, 1.807) is 13.2 Å². The summed E-state index contributed by atoms with van der Waals surface area (Å²) in [7, 11) is 1.66. The van der Waals surface area contributed by atoms with Crippen molar-refractivity contribution in [1.82, 2.24) is 0 Å². The highest BCUT2D eigenvalue weighted by atomic mass is 16.5. The molecule has 0 N–H and O–H groups in total. The third-order valence-electron chi connectivity index (χ3n) is 3.66. The molecule has 0 atom stereocenters. The largest absolute Gasteiger partial charge is 0.496 e. The Bertz CT molecular complexity index is 760. The number of hydrogen-bond donors (Lipinski definition) is 0. The van der Waals surface area contributed by atoms with E-state index < -0.39 is 0 Å². The first-order valence-corrected chi connectivity index (χ1v) is 7.79. The van der Waals surface area contributed by atoms with Gasteiger partial charge in [0.1, 0.15) is 11.5 Å². The van der Waals surface area contributed by atoms with Gasteiger partial charge in [-0.2, -0.15) is 0 Å². The zero-order chi connectivity index (χ0) is 17.5. The molecule has 124 valence electrons. The molecule has 0 saturated heterocycles. The van der Waals surface area contributed by atoms with Gasteiger partial charge in [-0.15, -0.1) is 13.2 Å². The topological polar surface area (TPSA) is 35.5 Å². The van der Waals surface area contributed by atoms with Crippen LogP contribution in [-0.2, 0) is 17.6 Å². The number of methoxy groups -OCH3 is 1. The van der Waals surface area contributed by atoms with Crippen LogP contribution in [0.15, 0.2) is 61.7 Å². The molecule has 2 rings (SSSR count). The summed E-state index contributed by atoms with van der Waals surface area (Å²) in [6, 6.07) is 11.9. The molecule has 2 aromatic rings. The van der Waals surface area contributed by atoms with Crippen LogP contribution < -0.4 is 9.47 Å². The van der Waals surface area contributed by atoms with Gasteiger partial charge in [-0.05, 0) is 59.4 Å². The minimum atomic E-state index is -0.328. The zero-order valence-corrected chi connectivity index (χ0v) is 14.2. The Morgan fingerprint density at radius 1 is 0.958 bits per heavy atom. The van der Waals surface area contributed by atoms with E-state index in [2.05, 4.69) is 19.2 Å². The van der Waals surface area contributed by atoms with Crippen molar-refractivity contribution in [3.63, 3.8) is 0 Å². The molecule has 0 spiro atoms. The highest BCUT2D eigenvalue weighted by Crippen LogP contribution is 2.31. The van der Waals surface area contributed by atoms with Crippen LogP contribution in [0.1, 0.15) is 18.1 Å². The third kappa shape index (κ3) is 4.13. The highest BCUT2D eigenvalue weighted by molar-refractivity contribution is 5.72. The van der Waals surface area contributed by atoms with E-state index >= 15 is 0 Å². The molecule has 0 saturated carbocycles. The summed E-state index contributed by atoms with van der Waals surface area (Å²) >= 11 is 0. The minimum Gasteiger partial charge on any atom is -0.496 e. The fourth-order valence-corrected chi connectivity index (χ4v) is 2.60. The number of rotatable bonds is 7. The van der Waals surface area contributed by atoms with Crippen LogP contribution >= 0.6 is 0 Å². The maximum absolute atomic E-state index is 11.2. The van der Waals surface area contributed by atoms with E-state index in [4.69, 9.17) is 9.47 Å². The van der Waals surface area contributed by atoms with Crippen molar-refractivity contribution in [2.24, 2.45) is 0 Å². The third-order valence-corrected chi connectivity index (χ3v) is 3.66. The summed E-state index contributed by atoms with van der Waals surface area (Å²) in [5.41, 5.74) is 4.14. The quantitative estimate of drug-likeness (QED) is 0.419. The smallest absolute Gasteiger partial charge is 0.308 e. The van der Waals surface area contributed by atoms with E-state index in [0.29, 0.717) is 12.2 Å². The molecular formula is C21H22O3. The van der Waals surface area contributed by atoms with Crippen LogP contribution in [0.25, 0.3) is 11.1 Å². The fourth-order valence-electron chi connectivity index (χ4n) is 2.60. The van der Waals surface area contributed by atoms with E-state index in [9.17, 15) is 4.79 Å². The number of hydrogen-bond acceptors (Lipinski definition) is 3. The Balaban J connectivity index is 2.46. The molecule has 0 fully saturated rings. The second kappa shape index (κ2) is 8.16. The Labute approximate surface area is 143 Å². The summed E-state index contributed by atoms with van der Waals surface area (Å²) < 4.78 is 10.7. The van der Waals surface area contributed by atoms with Crippen molar-refractivity contribution >= 4 is 5.97 Å². The number of benzene rings is 2. The van der Waals surface area contributed by atoms with Gasteiger partial charge in [-0.25, -0.2) is 0 Å². The second-order valence-corrected chi connectivity index (χ2v) is 5.43. The average molecular weight is 322 g/mol. The number of allylic oxidation sites excluding steroid dienone is 2. The van der Waals surface area contributed by atoms with Crippen LogP contribution in [0, 0.1) is 0 Å². The van der Waals surface area contributed by atoms with Crippen molar-refractivity contribution < 1.29 is 14.3 Å². The van der Waals surface area contributed by atoms with E-state index in [1.165, 1.54) is 6.92 Å². The number of ether oxygens (including phenoxy) is 2. The molecule has 0 aliphatic rings. The Kier molecular flexibility index (Phi) is 5.96. The average Bonchev–Trinajstić information content (AvgIpc) is 2.56. The Morgan fingerprint density at radius 3 is 1.92 bits per heavy atom. The van der Waals surface area contributed by atoms with Crippen LogP contribution in [0.5, 0.6) is 11.5 Å². The van der Waals surface area contributed by atoms with Crippen molar-refractivity contribution in [2.75, 3.05) is 7.11 Å². The zero-order valence-electron chi connectivity index (χ0n) is 14.2. The molecule has 2 aromatic carbocycles. The molecular weight excluding hydrogens is 300 g/mol. The number of esters is 1. The Morgan fingerprint density at radius 2 is 1.46 bits per heavy atom. The molecule has 0 aliphatic carbocycles.